The molecule has 2 atom stereocenters. The molecule has 17 heavy (non-hydrogen) atoms. The van der Waals surface area contributed by atoms with Gasteiger partial charge in [0.05, 0.1) is 11.6 Å². The van der Waals surface area contributed by atoms with Crippen molar-refractivity contribution in [2.45, 2.75) is 57.8 Å². The van der Waals surface area contributed by atoms with E-state index in [0.29, 0.717) is 19.4 Å². The Balaban J connectivity index is 2.76. The van der Waals surface area contributed by atoms with Gasteiger partial charge in [-0.1, -0.05) is 6.92 Å². The number of carbonyl (C=O) groups excluding carboxylic acids is 1. The molecule has 0 saturated carbocycles. The second-order valence-corrected chi connectivity index (χ2v) is 5.66. The number of hydrogen-bond donors (Lipinski definition) is 2. The third-order valence-electron chi connectivity index (χ3n) is 3.15. The predicted octanol–water partition coefficient (Wildman–Crippen LogP) is 1.10. The van der Waals surface area contributed by atoms with E-state index < -0.39 is 11.2 Å². The maximum absolute atomic E-state index is 12.0. The van der Waals surface area contributed by atoms with Gasteiger partial charge < -0.3 is 20.5 Å². The minimum absolute atomic E-state index is 0.171. The summed E-state index contributed by atoms with van der Waals surface area (Å²) in [6.45, 7) is 8.10. The molecule has 0 aromatic rings. The largest absolute Gasteiger partial charge is 0.444 e. The van der Waals surface area contributed by atoms with E-state index in [2.05, 4.69) is 0 Å². The summed E-state index contributed by atoms with van der Waals surface area (Å²) in [6, 6.07) is -0.248. The van der Waals surface area contributed by atoms with Gasteiger partial charge in [0.15, 0.2) is 0 Å². The van der Waals surface area contributed by atoms with Crippen molar-refractivity contribution in [3.05, 3.63) is 0 Å². The molecule has 1 saturated heterocycles. The van der Waals surface area contributed by atoms with Crippen molar-refractivity contribution in [3.63, 3.8) is 0 Å². The Kier molecular flexibility index (Phi) is 4.04. The Hall–Kier alpha value is -0.810. The molecule has 0 radical (unpaired) electrons. The van der Waals surface area contributed by atoms with Crippen molar-refractivity contribution in [1.82, 2.24) is 4.90 Å². The Morgan fingerprint density at radius 3 is 2.59 bits per heavy atom. The van der Waals surface area contributed by atoms with Crippen molar-refractivity contribution in [3.8, 4) is 0 Å². The molecule has 1 fully saturated rings. The molecule has 1 aliphatic rings. The van der Waals surface area contributed by atoms with Crippen LogP contribution in [0.15, 0.2) is 0 Å². The van der Waals surface area contributed by atoms with E-state index in [9.17, 15) is 9.90 Å². The lowest BCUT2D eigenvalue weighted by Gasteiger charge is -2.33. The molecule has 0 spiro atoms. The van der Waals surface area contributed by atoms with Crippen molar-refractivity contribution in [2.75, 3.05) is 13.1 Å². The van der Waals surface area contributed by atoms with E-state index in [1.807, 2.05) is 27.7 Å². The van der Waals surface area contributed by atoms with E-state index >= 15 is 0 Å². The van der Waals surface area contributed by atoms with E-state index in [0.717, 1.165) is 0 Å². The normalized spacial score (nSPS) is 29.5. The summed E-state index contributed by atoms with van der Waals surface area (Å²) in [4.78, 5) is 13.6. The molecule has 3 N–H and O–H groups in total. The van der Waals surface area contributed by atoms with Gasteiger partial charge in [0.2, 0.25) is 0 Å². The van der Waals surface area contributed by atoms with Crippen LogP contribution in [-0.2, 0) is 4.74 Å². The molecular weight excluding hydrogens is 220 g/mol. The highest BCUT2D eigenvalue weighted by atomic mass is 16.6. The first-order valence-electron chi connectivity index (χ1n) is 6.15. The molecule has 1 aliphatic heterocycles. The number of likely N-dealkylation sites (tertiary alicyclic amines) is 1. The smallest absolute Gasteiger partial charge is 0.410 e. The summed E-state index contributed by atoms with van der Waals surface area (Å²) in [6.07, 6.45) is 0.822. The average Bonchev–Trinajstić information content (AvgIpc) is 2.53. The number of carbonyl (C=O) groups is 1. The molecule has 1 rings (SSSR count). The van der Waals surface area contributed by atoms with Gasteiger partial charge in [0, 0.05) is 13.1 Å². The molecular formula is C12H24N2O3. The summed E-state index contributed by atoms with van der Waals surface area (Å²) in [5.41, 5.74) is 4.11. The fraction of sp³-hybridized carbons (Fsp3) is 0.917. The summed E-state index contributed by atoms with van der Waals surface area (Å²) in [5.74, 6) is 0. The second kappa shape index (κ2) is 4.82. The van der Waals surface area contributed by atoms with Gasteiger partial charge in [-0.15, -0.1) is 0 Å². The molecule has 100 valence electrons. The number of nitrogens with zero attached hydrogens (tertiary/aromatic N) is 1. The SMILES string of the molecule is CCC1N(C(=O)OC(C)(C)C)CCC1(O)CN. The zero-order chi connectivity index (χ0) is 13.3. The van der Waals surface area contributed by atoms with E-state index in [1.165, 1.54) is 0 Å². The molecule has 0 aromatic carbocycles. The lowest BCUT2D eigenvalue weighted by atomic mass is 9.93. The zero-order valence-electron chi connectivity index (χ0n) is 11.2. The molecule has 0 aromatic heterocycles. The minimum Gasteiger partial charge on any atom is -0.444 e. The van der Waals surface area contributed by atoms with Gasteiger partial charge in [0.1, 0.15) is 5.60 Å². The van der Waals surface area contributed by atoms with Crippen LogP contribution in [0.25, 0.3) is 0 Å². The molecule has 2 unspecified atom stereocenters. The monoisotopic (exact) mass is 244 g/mol. The molecule has 0 bridgehead atoms. The third kappa shape index (κ3) is 3.10. The summed E-state index contributed by atoms with van der Waals surface area (Å²) in [7, 11) is 0. The number of ether oxygens (including phenoxy) is 1. The van der Waals surface area contributed by atoms with Gasteiger partial charge >= 0.3 is 6.09 Å². The third-order valence-corrected chi connectivity index (χ3v) is 3.15. The van der Waals surface area contributed by atoms with Gasteiger partial charge in [-0.3, -0.25) is 0 Å². The molecule has 1 heterocycles. The van der Waals surface area contributed by atoms with Gasteiger partial charge in [-0.05, 0) is 33.6 Å². The zero-order valence-corrected chi connectivity index (χ0v) is 11.2. The van der Waals surface area contributed by atoms with Crippen LogP contribution in [0.2, 0.25) is 0 Å². The Labute approximate surface area is 103 Å². The van der Waals surface area contributed by atoms with Crippen LogP contribution in [0.3, 0.4) is 0 Å². The fourth-order valence-corrected chi connectivity index (χ4v) is 2.30. The Bertz CT molecular complexity index is 288. The van der Waals surface area contributed by atoms with Crippen molar-refractivity contribution in [1.29, 1.82) is 0 Å². The summed E-state index contributed by atoms with van der Waals surface area (Å²) >= 11 is 0. The van der Waals surface area contributed by atoms with Crippen molar-refractivity contribution in [2.24, 2.45) is 5.73 Å². The minimum atomic E-state index is -0.967. The first-order valence-corrected chi connectivity index (χ1v) is 6.15. The van der Waals surface area contributed by atoms with Gasteiger partial charge in [-0.2, -0.15) is 0 Å². The second-order valence-electron chi connectivity index (χ2n) is 5.66. The molecule has 5 heteroatoms. The fourth-order valence-electron chi connectivity index (χ4n) is 2.30. The number of hydrogen-bond acceptors (Lipinski definition) is 4. The number of nitrogens with two attached hydrogens (primary N) is 1. The average molecular weight is 244 g/mol. The number of amides is 1. The highest BCUT2D eigenvalue weighted by Gasteiger charge is 2.47. The van der Waals surface area contributed by atoms with Crippen LogP contribution in [0, 0.1) is 0 Å². The van der Waals surface area contributed by atoms with Crippen LogP contribution < -0.4 is 5.73 Å². The first kappa shape index (κ1) is 14.3. The first-order chi connectivity index (χ1) is 7.73. The van der Waals surface area contributed by atoms with Crippen LogP contribution in [0.1, 0.15) is 40.5 Å². The molecule has 5 nitrogen and oxygen atoms in total. The van der Waals surface area contributed by atoms with Crippen LogP contribution in [-0.4, -0.2) is 46.4 Å². The number of rotatable bonds is 2. The molecule has 0 aliphatic carbocycles. The highest BCUT2D eigenvalue weighted by Crippen LogP contribution is 2.31. The Morgan fingerprint density at radius 2 is 2.18 bits per heavy atom. The predicted molar refractivity (Wildman–Crippen MR) is 65.6 cm³/mol. The topological polar surface area (TPSA) is 75.8 Å². The number of aliphatic hydroxyl groups is 1. The van der Waals surface area contributed by atoms with Crippen molar-refractivity contribution >= 4 is 6.09 Å². The maximum Gasteiger partial charge on any atom is 0.410 e. The van der Waals surface area contributed by atoms with Crippen LogP contribution in [0.5, 0.6) is 0 Å². The summed E-state index contributed by atoms with van der Waals surface area (Å²) < 4.78 is 5.33. The Morgan fingerprint density at radius 1 is 1.59 bits per heavy atom. The quantitative estimate of drug-likeness (QED) is 0.762. The van der Waals surface area contributed by atoms with Crippen LogP contribution in [0.4, 0.5) is 4.79 Å². The van der Waals surface area contributed by atoms with Crippen LogP contribution >= 0.6 is 0 Å². The maximum atomic E-state index is 12.0. The van der Waals surface area contributed by atoms with Crippen molar-refractivity contribution < 1.29 is 14.6 Å². The van der Waals surface area contributed by atoms with Gasteiger partial charge in [0.25, 0.3) is 0 Å². The standard InChI is InChI=1S/C12H24N2O3/c1-5-9-12(16,8-13)6-7-14(9)10(15)17-11(2,3)4/h9,16H,5-8,13H2,1-4H3. The lowest BCUT2D eigenvalue weighted by Crippen LogP contribution is -2.51. The highest BCUT2D eigenvalue weighted by molar-refractivity contribution is 5.69. The molecule has 1 amide bonds. The van der Waals surface area contributed by atoms with E-state index in [-0.39, 0.29) is 18.7 Å². The summed E-state index contributed by atoms with van der Waals surface area (Å²) in [5, 5.41) is 10.3. The van der Waals surface area contributed by atoms with Gasteiger partial charge in [-0.25, -0.2) is 4.79 Å². The lowest BCUT2D eigenvalue weighted by molar-refractivity contribution is -0.0114. The van der Waals surface area contributed by atoms with E-state index in [4.69, 9.17) is 10.5 Å². The van der Waals surface area contributed by atoms with E-state index in [1.54, 1.807) is 4.90 Å².